The Bertz CT molecular complexity index is 860. The summed E-state index contributed by atoms with van der Waals surface area (Å²) in [6.45, 7) is 6.48. The first-order valence-electron chi connectivity index (χ1n) is 9.03. The average molecular weight is 347 g/mol. The number of allylic oxidation sites excluding steroid dienone is 2. The van der Waals surface area contributed by atoms with Crippen LogP contribution in [0.5, 0.6) is 5.75 Å². The number of phenolic OH excluding ortho intramolecular Hbond substituents is 1. The second-order valence-corrected chi connectivity index (χ2v) is 7.11. The minimum atomic E-state index is -0.0667. The van der Waals surface area contributed by atoms with Gasteiger partial charge in [0.25, 0.3) is 5.91 Å². The molecule has 1 amide bonds. The van der Waals surface area contributed by atoms with Crippen molar-refractivity contribution in [3.8, 4) is 16.9 Å². The lowest BCUT2D eigenvalue weighted by molar-refractivity contribution is 0.0944. The summed E-state index contributed by atoms with van der Waals surface area (Å²) in [5, 5.41) is 12.6. The van der Waals surface area contributed by atoms with Gasteiger partial charge in [-0.25, -0.2) is 0 Å². The number of hydrogen-bond donors (Lipinski definition) is 2. The zero-order valence-corrected chi connectivity index (χ0v) is 15.5. The maximum Gasteiger partial charge on any atom is 0.251 e. The summed E-state index contributed by atoms with van der Waals surface area (Å²) in [6.07, 6.45) is 5.21. The van der Waals surface area contributed by atoms with Crippen molar-refractivity contribution >= 4 is 5.91 Å². The molecule has 2 aromatic rings. The van der Waals surface area contributed by atoms with Crippen LogP contribution in [-0.2, 0) is 0 Å². The molecule has 2 N–H and O–H groups in total. The van der Waals surface area contributed by atoms with Gasteiger partial charge in [-0.05, 0) is 60.2 Å². The largest absolute Gasteiger partial charge is 0.508 e. The van der Waals surface area contributed by atoms with Crippen LogP contribution < -0.4 is 5.32 Å². The molecule has 0 fully saturated rings. The van der Waals surface area contributed by atoms with Gasteiger partial charge in [-0.15, -0.1) is 0 Å². The fourth-order valence-corrected chi connectivity index (χ4v) is 3.33. The minimum Gasteiger partial charge on any atom is -0.508 e. The minimum absolute atomic E-state index is 0.0286. The summed E-state index contributed by atoms with van der Waals surface area (Å²) in [5.41, 5.74) is 5.17. The molecule has 1 unspecified atom stereocenters. The van der Waals surface area contributed by atoms with Gasteiger partial charge in [-0.2, -0.15) is 0 Å². The van der Waals surface area contributed by atoms with E-state index in [1.807, 2.05) is 36.4 Å². The molecule has 134 valence electrons. The van der Waals surface area contributed by atoms with Crippen LogP contribution in [0.2, 0.25) is 0 Å². The Morgan fingerprint density at radius 2 is 1.85 bits per heavy atom. The number of hydrogen-bond acceptors (Lipinski definition) is 2. The van der Waals surface area contributed by atoms with Crippen LogP contribution >= 0.6 is 0 Å². The molecule has 0 bridgehead atoms. The second kappa shape index (κ2) is 7.61. The molecule has 2 aromatic carbocycles. The number of amides is 1. The number of aromatic hydroxyl groups is 1. The molecular formula is C23H25NO2. The van der Waals surface area contributed by atoms with Gasteiger partial charge in [0, 0.05) is 5.56 Å². The van der Waals surface area contributed by atoms with Crippen LogP contribution in [0.25, 0.3) is 11.1 Å². The van der Waals surface area contributed by atoms with E-state index in [2.05, 4.69) is 38.2 Å². The zero-order chi connectivity index (χ0) is 18.7. The van der Waals surface area contributed by atoms with Gasteiger partial charge in [-0.1, -0.05) is 55.8 Å². The third-order valence-electron chi connectivity index (χ3n) is 4.78. The van der Waals surface area contributed by atoms with E-state index in [0.29, 0.717) is 11.5 Å². The molecule has 0 radical (unpaired) electrons. The van der Waals surface area contributed by atoms with Crippen LogP contribution in [0.4, 0.5) is 0 Å². The van der Waals surface area contributed by atoms with Crippen molar-refractivity contribution in [1.82, 2.24) is 5.32 Å². The molecular weight excluding hydrogens is 322 g/mol. The van der Waals surface area contributed by atoms with Gasteiger partial charge in [0.05, 0.1) is 6.04 Å². The predicted octanol–water partition coefficient (Wildman–Crippen LogP) is 5.09. The van der Waals surface area contributed by atoms with E-state index < -0.39 is 0 Å². The van der Waals surface area contributed by atoms with Crippen molar-refractivity contribution in [2.45, 2.75) is 33.2 Å². The summed E-state index contributed by atoms with van der Waals surface area (Å²) in [7, 11) is 0. The first-order chi connectivity index (χ1) is 12.4. The first-order valence-corrected chi connectivity index (χ1v) is 9.03. The van der Waals surface area contributed by atoms with Gasteiger partial charge < -0.3 is 10.4 Å². The maximum absolute atomic E-state index is 12.7. The normalized spacial score (nSPS) is 16.8. The third kappa shape index (κ3) is 4.05. The van der Waals surface area contributed by atoms with Crippen molar-refractivity contribution in [3.63, 3.8) is 0 Å². The molecule has 3 heteroatoms. The Morgan fingerprint density at radius 1 is 1.12 bits per heavy atom. The van der Waals surface area contributed by atoms with Gasteiger partial charge in [-0.3, -0.25) is 4.79 Å². The number of rotatable bonds is 4. The van der Waals surface area contributed by atoms with Crippen molar-refractivity contribution in [1.29, 1.82) is 0 Å². The molecule has 1 aliphatic carbocycles. The van der Waals surface area contributed by atoms with E-state index >= 15 is 0 Å². The highest BCUT2D eigenvalue weighted by molar-refractivity contribution is 5.95. The van der Waals surface area contributed by atoms with Gasteiger partial charge >= 0.3 is 0 Å². The smallest absolute Gasteiger partial charge is 0.251 e. The highest BCUT2D eigenvalue weighted by atomic mass is 16.3. The molecule has 3 nitrogen and oxygen atoms in total. The molecule has 1 atom stereocenters. The van der Waals surface area contributed by atoms with E-state index in [0.717, 1.165) is 17.5 Å². The van der Waals surface area contributed by atoms with Crippen LogP contribution in [0.3, 0.4) is 0 Å². The summed E-state index contributed by atoms with van der Waals surface area (Å²) in [4.78, 5) is 12.7. The second-order valence-electron chi connectivity index (χ2n) is 7.11. The van der Waals surface area contributed by atoms with Crippen LogP contribution in [0.1, 0.15) is 37.6 Å². The van der Waals surface area contributed by atoms with E-state index in [9.17, 15) is 9.90 Å². The molecule has 0 heterocycles. The molecule has 0 aromatic heterocycles. The van der Waals surface area contributed by atoms with E-state index in [1.54, 1.807) is 12.1 Å². The number of benzene rings is 2. The lowest BCUT2D eigenvalue weighted by Crippen LogP contribution is -2.34. The fourth-order valence-electron chi connectivity index (χ4n) is 3.33. The lowest BCUT2D eigenvalue weighted by atomic mass is 9.88. The summed E-state index contributed by atoms with van der Waals surface area (Å²) >= 11 is 0. The molecule has 1 aliphatic rings. The Labute approximate surface area is 155 Å². The maximum atomic E-state index is 12.7. The standard InChI is InChI=1S/C23H25NO2/c1-15(2)22-14-20(10-7-16(22)3)24-23(26)19-6-4-5-18(13-19)17-8-11-21(25)12-9-17/h4-9,11-15,20,25H,10H2,1-3H3,(H,24,26). The number of phenols is 1. The van der Waals surface area contributed by atoms with Gasteiger partial charge in [0.1, 0.15) is 5.75 Å². The van der Waals surface area contributed by atoms with E-state index in [1.165, 1.54) is 11.1 Å². The number of carbonyl (C=O) groups excluding carboxylic acids is 1. The average Bonchev–Trinajstić information content (AvgIpc) is 2.64. The van der Waals surface area contributed by atoms with E-state index in [-0.39, 0.29) is 17.7 Å². The topological polar surface area (TPSA) is 49.3 Å². The molecule has 26 heavy (non-hydrogen) atoms. The highest BCUT2D eigenvalue weighted by Gasteiger charge is 2.18. The molecule has 0 aliphatic heterocycles. The first kappa shape index (κ1) is 18.0. The summed E-state index contributed by atoms with van der Waals surface area (Å²) < 4.78 is 0. The monoisotopic (exact) mass is 347 g/mol. The number of carbonyl (C=O) groups is 1. The van der Waals surface area contributed by atoms with Gasteiger partial charge in [0.15, 0.2) is 0 Å². The van der Waals surface area contributed by atoms with Crippen LogP contribution in [0.15, 0.2) is 71.8 Å². The molecule has 0 spiro atoms. The van der Waals surface area contributed by atoms with E-state index in [4.69, 9.17) is 0 Å². The van der Waals surface area contributed by atoms with Crippen LogP contribution in [0, 0.1) is 5.92 Å². The lowest BCUT2D eigenvalue weighted by Gasteiger charge is -2.23. The SMILES string of the molecule is CC1=CCC(NC(=O)c2cccc(-c3ccc(O)cc3)c2)C=C1C(C)C. The van der Waals surface area contributed by atoms with Crippen molar-refractivity contribution < 1.29 is 9.90 Å². The molecule has 0 saturated carbocycles. The van der Waals surface area contributed by atoms with Crippen LogP contribution in [-0.4, -0.2) is 17.1 Å². The molecule has 0 saturated heterocycles. The van der Waals surface area contributed by atoms with Gasteiger partial charge in [0.2, 0.25) is 0 Å². The Balaban J connectivity index is 1.77. The highest BCUT2D eigenvalue weighted by Crippen LogP contribution is 2.26. The molecule has 3 rings (SSSR count). The third-order valence-corrected chi connectivity index (χ3v) is 4.78. The zero-order valence-electron chi connectivity index (χ0n) is 15.5. The van der Waals surface area contributed by atoms with Crippen molar-refractivity contribution in [3.05, 3.63) is 77.4 Å². The van der Waals surface area contributed by atoms with Crippen molar-refractivity contribution in [2.75, 3.05) is 0 Å². The Morgan fingerprint density at radius 3 is 2.54 bits per heavy atom. The fraction of sp³-hybridized carbons (Fsp3) is 0.261. The summed E-state index contributed by atoms with van der Waals surface area (Å²) in [6, 6.07) is 14.6. The van der Waals surface area contributed by atoms with Crippen molar-refractivity contribution in [2.24, 2.45) is 5.92 Å². The number of nitrogens with one attached hydrogen (secondary N) is 1. The predicted molar refractivity (Wildman–Crippen MR) is 106 cm³/mol. The Hall–Kier alpha value is -2.81. The summed E-state index contributed by atoms with van der Waals surface area (Å²) in [5.74, 6) is 0.614. The Kier molecular flexibility index (Phi) is 5.27. The quantitative estimate of drug-likeness (QED) is 0.809.